The molecule has 22 heavy (non-hydrogen) atoms. The molecule has 3 saturated heterocycles. The number of amides is 1. The normalized spacial score (nSPS) is 34.7. The lowest BCUT2D eigenvalue weighted by Crippen LogP contribution is -2.50. The third kappa shape index (κ3) is 1.80. The van der Waals surface area contributed by atoms with Gasteiger partial charge in [0.15, 0.2) is 5.72 Å². The van der Waals surface area contributed by atoms with E-state index in [2.05, 4.69) is 33.6 Å². The molecular weight excluding hydrogens is 280 g/mol. The van der Waals surface area contributed by atoms with Crippen molar-refractivity contribution in [3.05, 3.63) is 17.7 Å². The Balaban J connectivity index is 1.60. The van der Waals surface area contributed by atoms with Crippen LogP contribution in [-0.4, -0.2) is 56.6 Å². The summed E-state index contributed by atoms with van der Waals surface area (Å²) in [4.78, 5) is 24.6. The van der Waals surface area contributed by atoms with Crippen molar-refractivity contribution in [2.45, 2.75) is 58.0 Å². The Morgan fingerprint density at radius 1 is 1.55 bits per heavy atom. The molecule has 0 unspecified atom stereocenters. The van der Waals surface area contributed by atoms with E-state index in [9.17, 15) is 4.79 Å². The molecule has 0 saturated carbocycles. The number of aromatic nitrogens is 2. The molecule has 3 atom stereocenters. The van der Waals surface area contributed by atoms with E-state index in [0.717, 1.165) is 30.9 Å². The van der Waals surface area contributed by atoms with Gasteiger partial charge in [0.2, 0.25) is 5.91 Å². The Morgan fingerprint density at radius 2 is 2.36 bits per heavy atom. The molecular formula is C16H24N4O2. The van der Waals surface area contributed by atoms with Crippen LogP contribution in [0.1, 0.15) is 38.1 Å². The molecule has 3 aliphatic rings. The lowest BCUT2D eigenvalue weighted by Gasteiger charge is -2.34. The van der Waals surface area contributed by atoms with Gasteiger partial charge in [0.05, 0.1) is 30.7 Å². The second kappa shape index (κ2) is 4.80. The molecule has 0 bridgehead atoms. The molecule has 1 aromatic rings. The van der Waals surface area contributed by atoms with Gasteiger partial charge in [-0.3, -0.25) is 9.69 Å². The van der Waals surface area contributed by atoms with Crippen molar-refractivity contribution in [3.63, 3.8) is 0 Å². The number of rotatable bonds is 3. The van der Waals surface area contributed by atoms with Crippen LogP contribution in [0.15, 0.2) is 6.33 Å². The molecule has 1 aromatic heterocycles. The number of nitrogens with one attached hydrogen (secondary N) is 1. The van der Waals surface area contributed by atoms with Gasteiger partial charge in [0.1, 0.15) is 0 Å². The summed E-state index contributed by atoms with van der Waals surface area (Å²) in [6.07, 6.45) is 3.23. The first-order chi connectivity index (χ1) is 10.5. The first kappa shape index (κ1) is 14.2. The predicted octanol–water partition coefficient (Wildman–Crippen LogP) is 1.28. The number of carbonyl (C=O) groups is 1. The molecule has 3 aliphatic heterocycles. The standard InChI is InChI=1S/C16H24N4O2/c1-10(2)13-8-22-16-4-5-19(7-12-11(3)17-9-18-12)14(16)6-15(21)20(13)16/h9-10,13-14H,4-8H2,1-3H3,(H,17,18)/t13-,14+,16-/m0/s1. The minimum absolute atomic E-state index is 0.167. The molecule has 0 aromatic carbocycles. The van der Waals surface area contributed by atoms with Gasteiger partial charge in [-0.25, -0.2) is 4.98 Å². The average molecular weight is 304 g/mol. The van der Waals surface area contributed by atoms with Crippen LogP contribution >= 0.6 is 0 Å². The first-order valence-corrected chi connectivity index (χ1v) is 8.22. The predicted molar refractivity (Wildman–Crippen MR) is 80.9 cm³/mol. The van der Waals surface area contributed by atoms with E-state index >= 15 is 0 Å². The Hall–Kier alpha value is -1.40. The summed E-state index contributed by atoms with van der Waals surface area (Å²) in [5.74, 6) is 0.689. The highest BCUT2D eigenvalue weighted by atomic mass is 16.5. The van der Waals surface area contributed by atoms with Crippen LogP contribution in [0.25, 0.3) is 0 Å². The number of H-pyrrole nitrogens is 1. The van der Waals surface area contributed by atoms with E-state index in [1.54, 1.807) is 6.33 Å². The zero-order chi connectivity index (χ0) is 15.5. The summed E-state index contributed by atoms with van der Waals surface area (Å²) in [6.45, 7) is 8.82. The smallest absolute Gasteiger partial charge is 0.226 e. The zero-order valence-corrected chi connectivity index (χ0v) is 13.5. The molecule has 4 rings (SSSR count). The summed E-state index contributed by atoms with van der Waals surface area (Å²) in [5.41, 5.74) is 1.80. The number of nitrogens with zero attached hydrogens (tertiary/aromatic N) is 3. The van der Waals surface area contributed by atoms with Gasteiger partial charge in [-0.1, -0.05) is 13.8 Å². The molecule has 0 aliphatic carbocycles. The number of aryl methyl sites for hydroxylation is 1. The van der Waals surface area contributed by atoms with Crippen LogP contribution in [0.5, 0.6) is 0 Å². The maximum absolute atomic E-state index is 12.6. The summed E-state index contributed by atoms with van der Waals surface area (Å²) in [6, 6.07) is 0.393. The fourth-order valence-corrected chi connectivity index (χ4v) is 4.38. The fourth-order valence-electron chi connectivity index (χ4n) is 4.38. The second-order valence-corrected chi connectivity index (χ2v) is 7.15. The van der Waals surface area contributed by atoms with Gasteiger partial charge >= 0.3 is 0 Å². The van der Waals surface area contributed by atoms with E-state index < -0.39 is 0 Å². The highest BCUT2D eigenvalue weighted by Gasteiger charge is 2.64. The van der Waals surface area contributed by atoms with Crippen molar-refractivity contribution in [2.24, 2.45) is 5.92 Å². The topological polar surface area (TPSA) is 61.5 Å². The molecule has 6 nitrogen and oxygen atoms in total. The number of imidazole rings is 1. The number of ether oxygens (including phenoxy) is 1. The van der Waals surface area contributed by atoms with E-state index in [4.69, 9.17) is 4.74 Å². The van der Waals surface area contributed by atoms with Crippen molar-refractivity contribution >= 4 is 5.91 Å². The lowest BCUT2D eigenvalue weighted by molar-refractivity contribution is -0.139. The fraction of sp³-hybridized carbons (Fsp3) is 0.750. The third-order valence-corrected chi connectivity index (χ3v) is 5.66. The van der Waals surface area contributed by atoms with Gasteiger partial charge < -0.3 is 14.6 Å². The van der Waals surface area contributed by atoms with Gasteiger partial charge in [-0.2, -0.15) is 0 Å². The van der Waals surface area contributed by atoms with E-state index in [1.807, 2.05) is 6.92 Å². The number of aromatic amines is 1. The molecule has 3 fully saturated rings. The van der Waals surface area contributed by atoms with Gasteiger partial charge in [-0.05, 0) is 12.8 Å². The monoisotopic (exact) mass is 304 g/mol. The van der Waals surface area contributed by atoms with E-state index in [1.165, 1.54) is 0 Å². The first-order valence-electron chi connectivity index (χ1n) is 8.22. The summed E-state index contributed by atoms with van der Waals surface area (Å²) >= 11 is 0. The maximum Gasteiger partial charge on any atom is 0.226 e. The number of hydrogen-bond donors (Lipinski definition) is 1. The molecule has 1 spiro atoms. The van der Waals surface area contributed by atoms with Gasteiger partial charge in [-0.15, -0.1) is 0 Å². The van der Waals surface area contributed by atoms with Gasteiger partial charge in [0.25, 0.3) is 0 Å². The minimum atomic E-state index is -0.379. The quantitative estimate of drug-likeness (QED) is 0.914. The van der Waals surface area contributed by atoms with Gasteiger partial charge in [0, 0.05) is 31.6 Å². The Kier molecular flexibility index (Phi) is 3.10. The van der Waals surface area contributed by atoms with Crippen LogP contribution in [0.2, 0.25) is 0 Å². The number of carbonyl (C=O) groups excluding carboxylic acids is 1. The summed E-state index contributed by atoms with van der Waals surface area (Å²) < 4.78 is 6.25. The molecule has 1 N–H and O–H groups in total. The Bertz CT molecular complexity index is 599. The molecule has 1 amide bonds. The van der Waals surface area contributed by atoms with E-state index in [-0.39, 0.29) is 23.7 Å². The zero-order valence-electron chi connectivity index (χ0n) is 13.5. The van der Waals surface area contributed by atoms with Crippen LogP contribution in [0.3, 0.4) is 0 Å². The highest BCUT2D eigenvalue weighted by Crippen LogP contribution is 2.49. The van der Waals surface area contributed by atoms with Crippen molar-refractivity contribution in [2.75, 3.05) is 13.2 Å². The highest BCUT2D eigenvalue weighted by molar-refractivity contribution is 5.82. The molecule has 120 valence electrons. The average Bonchev–Trinajstić information content (AvgIpc) is 3.17. The van der Waals surface area contributed by atoms with Crippen LogP contribution in [0, 0.1) is 12.8 Å². The maximum atomic E-state index is 12.6. The van der Waals surface area contributed by atoms with Crippen LogP contribution < -0.4 is 0 Å². The van der Waals surface area contributed by atoms with Crippen molar-refractivity contribution < 1.29 is 9.53 Å². The Labute approximate surface area is 130 Å². The van der Waals surface area contributed by atoms with E-state index in [0.29, 0.717) is 18.9 Å². The summed E-state index contributed by atoms with van der Waals surface area (Å²) in [7, 11) is 0. The van der Waals surface area contributed by atoms with Crippen LogP contribution in [0.4, 0.5) is 0 Å². The van der Waals surface area contributed by atoms with Crippen molar-refractivity contribution in [1.82, 2.24) is 19.8 Å². The third-order valence-electron chi connectivity index (χ3n) is 5.66. The minimum Gasteiger partial charge on any atom is -0.352 e. The SMILES string of the molecule is Cc1[nH]cnc1CN1CC[C@@]23OC[C@@H](C(C)C)N2C(=O)C[C@@H]13. The Morgan fingerprint density at radius 3 is 3.05 bits per heavy atom. The van der Waals surface area contributed by atoms with Crippen molar-refractivity contribution in [3.8, 4) is 0 Å². The van der Waals surface area contributed by atoms with Crippen molar-refractivity contribution in [1.29, 1.82) is 0 Å². The summed E-state index contributed by atoms with van der Waals surface area (Å²) in [5, 5.41) is 0. The molecule has 6 heteroatoms. The lowest BCUT2D eigenvalue weighted by atomic mass is 10.0. The van der Waals surface area contributed by atoms with Crippen LogP contribution in [-0.2, 0) is 16.1 Å². The second-order valence-electron chi connectivity index (χ2n) is 7.15. The number of likely N-dealkylation sites (tertiary alicyclic amines) is 1. The number of hydrogen-bond acceptors (Lipinski definition) is 4. The largest absolute Gasteiger partial charge is 0.352 e. The molecule has 0 radical (unpaired) electrons. The molecule has 4 heterocycles.